The van der Waals surface area contributed by atoms with Crippen molar-refractivity contribution in [2.24, 2.45) is 5.92 Å². The average molecular weight is 303 g/mol. The zero-order chi connectivity index (χ0) is 12.8. The number of methoxy groups -OCH3 is 1. The minimum Gasteiger partial charge on any atom is -0.383 e. The fourth-order valence-electron chi connectivity index (χ4n) is 1.54. The molecule has 0 spiro atoms. The predicted octanol–water partition coefficient (Wildman–Crippen LogP) is 2.91. The third kappa shape index (κ3) is 3.92. The van der Waals surface area contributed by atoms with E-state index in [0.717, 1.165) is 10.9 Å². The monoisotopic (exact) mass is 302 g/mol. The van der Waals surface area contributed by atoms with Crippen LogP contribution in [0, 0.1) is 5.92 Å². The maximum absolute atomic E-state index is 12.1. The average Bonchev–Trinajstić information content (AvgIpc) is 2.67. The Kier molecular flexibility index (Phi) is 5.85. The van der Waals surface area contributed by atoms with Crippen LogP contribution in [0.3, 0.4) is 0 Å². The van der Waals surface area contributed by atoms with Gasteiger partial charge in [0.15, 0.2) is 5.78 Å². The van der Waals surface area contributed by atoms with E-state index in [0.29, 0.717) is 31.2 Å². The standard InChI is InChI=1S/C12H19BrN2O2/c1-4-9(2)7-11(16)12-10(13)8-14-15(12)5-6-17-3/h8-9H,4-7H2,1-3H3. The van der Waals surface area contributed by atoms with Gasteiger partial charge in [-0.15, -0.1) is 0 Å². The van der Waals surface area contributed by atoms with Gasteiger partial charge in [-0.1, -0.05) is 20.3 Å². The lowest BCUT2D eigenvalue weighted by Crippen LogP contribution is -2.15. The summed E-state index contributed by atoms with van der Waals surface area (Å²) in [6.45, 7) is 5.33. The first kappa shape index (κ1) is 14.4. The van der Waals surface area contributed by atoms with E-state index in [1.165, 1.54) is 0 Å². The molecule has 0 bridgehead atoms. The summed E-state index contributed by atoms with van der Waals surface area (Å²) in [5.41, 5.74) is 0.655. The second kappa shape index (κ2) is 6.91. The molecule has 1 unspecified atom stereocenters. The SMILES string of the molecule is CCC(C)CC(=O)c1c(Br)cnn1CCOC. The summed E-state index contributed by atoms with van der Waals surface area (Å²) in [7, 11) is 1.64. The van der Waals surface area contributed by atoms with Crippen LogP contribution in [0.2, 0.25) is 0 Å². The number of ether oxygens (including phenoxy) is 1. The number of aromatic nitrogens is 2. The Morgan fingerprint density at radius 3 is 2.94 bits per heavy atom. The van der Waals surface area contributed by atoms with Crippen LogP contribution in [0.1, 0.15) is 37.2 Å². The van der Waals surface area contributed by atoms with E-state index in [4.69, 9.17) is 4.74 Å². The summed E-state index contributed by atoms with van der Waals surface area (Å²) >= 11 is 3.38. The van der Waals surface area contributed by atoms with Crippen LogP contribution in [-0.4, -0.2) is 29.3 Å². The van der Waals surface area contributed by atoms with Crippen molar-refractivity contribution >= 4 is 21.7 Å². The van der Waals surface area contributed by atoms with E-state index < -0.39 is 0 Å². The molecule has 1 aromatic heterocycles. The molecule has 96 valence electrons. The minimum atomic E-state index is 0.139. The van der Waals surface area contributed by atoms with Crippen LogP contribution in [0.25, 0.3) is 0 Å². The molecule has 0 aliphatic carbocycles. The highest BCUT2D eigenvalue weighted by Crippen LogP contribution is 2.20. The lowest BCUT2D eigenvalue weighted by Gasteiger charge is -2.10. The molecule has 1 rings (SSSR count). The third-order valence-electron chi connectivity index (χ3n) is 2.80. The van der Waals surface area contributed by atoms with Crippen molar-refractivity contribution in [3.8, 4) is 0 Å². The lowest BCUT2D eigenvalue weighted by atomic mass is 10.0. The second-order valence-electron chi connectivity index (χ2n) is 4.20. The van der Waals surface area contributed by atoms with Crippen LogP contribution in [0.15, 0.2) is 10.7 Å². The van der Waals surface area contributed by atoms with Gasteiger partial charge in [-0.25, -0.2) is 0 Å². The van der Waals surface area contributed by atoms with E-state index in [1.807, 2.05) is 0 Å². The molecule has 0 saturated carbocycles. The smallest absolute Gasteiger partial charge is 0.182 e. The number of nitrogens with zero attached hydrogens (tertiary/aromatic N) is 2. The molecule has 17 heavy (non-hydrogen) atoms. The van der Waals surface area contributed by atoms with Crippen LogP contribution in [0.5, 0.6) is 0 Å². The molecule has 4 nitrogen and oxygen atoms in total. The first-order valence-corrected chi connectivity index (χ1v) is 6.62. The number of carbonyl (C=O) groups is 1. The molecular formula is C12H19BrN2O2. The fourth-order valence-corrected chi connectivity index (χ4v) is 2.06. The van der Waals surface area contributed by atoms with Crippen LogP contribution in [-0.2, 0) is 11.3 Å². The number of ketones is 1. The molecule has 5 heteroatoms. The quantitative estimate of drug-likeness (QED) is 0.728. The fraction of sp³-hybridized carbons (Fsp3) is 0.667. The van der Waals surface area contributed by atoms with Crippen molar-refractivity contribution in [1.82, 2.24) is 9.78 Å². The van der Waals surface area contributed by atoms with E-state index >= 15 is 0 Å². The molecule has 0 N–H and O–H groups in total. The summed E-state index contributed by atoms with van der Waals surface area (Å²) in [6, 6.07) is 0. The third-order valence-corrected chi connectivity index (χ3v) is 3.38. The lowest BCUT2D eigenvalue weighted by molar-refractivity contribution is 0.0948. The highest BCUT2D eigenvalue weighted by molar-refractivity contribution is 9.10. The maximum Gasteiger partial charge on any atom is 0.182 e. The molecule has 0 aliphatic heterocycles. The van der Waals surface area contributed by atoms with Gasteiger partial charge in [0.1, 0.15) is 5.69 Å². The number of hydrogen-bond donors (Lipinski definition) is 0. The molecule has 0 radical (unpaired) electrons. The summed E-state index contributed by atoms with van der Waals surface area (Å²) in [6.07, 6.45) is 3.24. The molecule has 1 atom stereocenters. The van der Waals surface area contributed by atoms with Crippen LogP contribution in [0.4, 0.5) is 0 Å². The van der Waals surface area contributed by atoms with E-state index in [9.17, 15) is 4.79 Å². The second-order valence-corrected chi connectivity index (χ2v) is 5.05. The first-order valence-electron chi connectivity index (χ1n) is 5.83. The number of Topliss-reactive ketones (excluding diaryl/α,β-unsaturated/α-hetero) is 1. The molecule has 0 amide bonds. The van der Waals surface area contributed by atoms with E-state index in [1.54, 1.807) is 18.0 Å². The Balaban J connectivity index is 2.80. The Morgan fingerprint density at radius 1 is 1.65 bits per heavy atom. The summed E-state index contributed by atoms with van der Waals surface area (Å²) in [5, 5.41) is 4.18. The number of halogens is 1. The van der Waals surface area contributed by atoms with Crippen LogP contribution < -0.4 is 0 Å². The summed E-state index contributed by atoms with van der Waals surface area (Å²) in [5.74, 6) is 0.542. The Labute approximate surface area is 110 Å². The molecule has 0 aromatic carbocycles. The highest BCUT2D eigenvalue weighted by Gasteiger charge is 2.18. The summed E-state index contributed by atoms with van der Waals surface area (Å²) < 4.78 is 7.48. The van der Waals surface area contributed by atoms with Crippen molar-refractivity contribution in [2.45, 2.75) is 33.2 Å². The van der Waals surface area contributed by atoms with Crippen molar-refractivity contribution in [3.05, 3.63) is 16.4 Å². The van der Waals surface area contributed by atoms with Gasteiger partial charge in [0.05, 0.1) is 23.8 Å². The molecule has 1 aromatic rings. The van der Waals surface area contributed by atoms with Gasteiger partial charge in [0, 0.05) is 13.5 Å². The van der Waals surface area contributed by atoms with E-state index in [-0.39, 0.29) is 5.78 Å². The zero-order valence-corrected chi connectivity index (χ0v) is 12.2. The van der Waals surface area contributed by atoms with Gasteiger partial charge in [0.25, 0.3) is 0 Å². The van der Waals surface area contributed by atoms with Gasteiger partial charge >= 0.3 is 0 Å². The van der Waals surface area contributed by atoms with Crippen molar-refractivity contribution in [1.29, 1.82) is 0 Å². The normalized spacial score (nSPS) is 12.7. The topological polar surface area (TPSA) is 44.1 Å². The Hall–Kier alpha value is -0.680. The molecular weight excluding hydrogens is 284 g/mol. The van der Waals surface area contributed by atoms with Gasteiger partial charge in [-0.05, 0) is 21.8 Å². The number of carbonyl (C=O) groups excluding carboxylic acids is 1. The van der Waals surface area contributed by atoms with Crippen molar-refractivity contribution in [3.63, 3.8) is 0 Å². The summed E-state index contributed by atoms with van der Waals surface area (Å²) in [4.78, 5) is 12.1. The molecule has 0 fully saturated rings. The van der Waals surface area contributed by atoms with Crippen molar-refractivity contribution < 1.29 is 9.53 Å². The molecule has 0 saturated heterocycles. The van der Waals surface area contributed by atoms with Crippen molar-refractivity contribution in [2.75, 3.05) is 13.7 Å². The Bertz CT molecular complexity index is 377. The molecule has 0 aliphatic rings. The van der Waals surface area contributed by atoms with Gasteiger partial charge in [-0.3, -0.25) is 9.48 Å². The van der Waals surface area contributed by atoms with Gasteiger partial charge < -0.3 is 4.74 Å². The highest BCUT2D eigenvalue weighted by atomic mass is 79.9. The number of hydrogen-bond acceptors (Lipinski definition) is 3. The largest absolute Gasteiger partial charge is 0.383 e. The van der Waals surface area contributed by atoms with E-state index in [2.05, 4.69) is 34.9 Å². The number of rotatable bonds is 7. The minimum absolute atomic E-state index is 0.139. The van der Waals surface area contributed by atoms with Crippen LogP contribution >= 0.6 is 15.9 Å². The Morgan fingerprint density at radius 2 is 2.35 bits per heavy atom. The van der Waals surface area contributed by atoms with Gasteiger partial charge in [0.2, 0.25) is 0 Å². The zero-order valence-electron chi connectivity index (χ0n) is 10.6. The predicted molar refractivity (Wildman–Crippen MR) is 70.2 cm³/mol. The van der Waals surface area contributed by atoms with Gasteiger partial charge in [-0.2, -0.15) is 5.10 Å². The molecule has 1 heterocycles. The first-order chi connectivity index (χ1) is 8.10. The maximum atomic E-state index is 12.1.